The van der Waals surface area contributed by atoms with Crippen molar-refractivity contribution < 1.29 is 4.74 Å². The Balaban J connectivity index is 2.51. The SMILES string of the molecule is N#CC1(CCCl)CCOC1. The lowest BCUT2D eigenvalue weighted by Gasteiger charge is -2.15. The van der Waals surface area contributed by atoms with Gasteiger partial charge in [0.15, 0.2) is 0 Å². The Bertz CT molecular complexity index is 146. The van der Waals surface area contributed by atoms with Crippen LogP contribution in [0, 0.1) is 16.7 Å². The van der Waals surface area contributed by atoms with E-state index in [2.05, 4.69) is 6.07 Å². The molecule has 0 aromatic rings. The largest absolute Gasteiger partial charge is 0.380 e. The summed E-state index contributed by atoms with van der Waals surface area (Å²) in [4.78, 5) is 0. The molecular weight excluding hydrogens is 150 g/mol. The van der Waals surface area contributed by atoms with Crippen LogP contribution >= 0.6 is 11.6 Å². The van der Waals surface area contributed by atoms with E-state index in [0.29, 0.717) is 19.1 Å². The van der Waals surface area contributed by atoms with E-state index in [-0.39, 0.29) is 5.41 Å². The highest BCUT2D eigenvalue weighted by Gasteiger charge is 2.34. The zero-order chi connectivity index (χ0) is 7.45. The first-order valence-corrected chi connectivity index (χ1v) is 3.91. The summed E-state index contributed by atoms with van der Waals surface area (Å²) in [5.74, 6) is 0.553. The molecule has 56 valence electrons. The van der Waals surface area contributed by atoms with Gasteiger partial charge in [-0.25, -0.2) is 0 Å². The smallest absolute Gasteiger partial charge is 0.0840 e. The molecule has 1 fully saturated rings. The molecule has 0 aromatic heterocycles. The summed E-state index contributed by atoms with van der Waals surface area (Å²) in [6.07, 6.45) is 1.60. The van der Waals surface area contributed by atoms with Crippen molar-refractivity contribution in [3.05, 3.63) is 0 Å². The van der Waals surface area contributed by atoms with Gasteiger partial charge in [-0.05, 0) is 12.8 Å². The molecule has 1 aliphatic rings. The number of ether oxygens (including phenoxy) is 1. The van der Waals surface area contributed by atoms with Crippen LogP contribution in [-0.4, -0.2) is 19.1 Å². The molecule has 1 unspecified atom stereocenters. The van der Waals surface area contributed by atoms with Crippen LogP contribution in [0.3, 0.4) is 0 Å². The quantitative estimate of drug-likeness (QED) is 0.573. The lowest BCUT2D eigenvalue weighted by Crippen LogP contribution is -2.18. The van der Waals surface area contributed by atoms with Crippen LogP contribution in [0.25, 0.3) is 0 Å². The van der Waals surface area contributed by atoms with Gasteiger partial charge in [-0.15, -0.1) is 11.6 Å². The fourth-order valence-electron chi connectivity index (χ4n) is 1.13. The summed E-state index contributed by atoms with van der Waals surface area (Å²) in [7, 11) is 0. The molecule has 3 heteroatoms. The van der Waals surface area contributed by atoms with Gasteiger partial charge in [0, 0.05) is 12.5 Å². The Morgan fingerprint density at radius 3 is 2.90 bits per heavy atom. The third-order valence-electron chi connectivity index (χ3n) is 1.91. The van der Waals surface area contributed by atoms with Crippen LogP contribution in [0.5, 0.6) is 0 Å². The summed E-state index contributed by atoms with van der Waals surface area (Å²) in [6.45, 7) is 1.28. The maximum Gasteiger partial charge on any atom is 0.0840 e. The van der Waals surface area contributed by atoms with Crippen LogP contribution in [0.1, 0.15) is 12.8 Å². The lowest BCUT2D eigenvalue weighted by atomic mass is 9.86. The van der Waals surface area contributed by atoms with Gasteiger partial charge in [0.05, 0.1) is 18.1 Å². The second-order valence-electron chi connectivity index (χ2n) is 2.63. The minimum Gasteiger partial charge on any atom is -0.380 e. The van der Waals surface area contributed by atoms with E-state index < -0.39 is 0 Å². The highest BCUT2D eigenvalue weighted by atomic mass is 35.5. The molecule has 1 heterocycles. The molecular formula is C7H10ClNO. The maximum absolute atomic E-state index is 8.76. The van der Waals surface area contributed by atoms with Crippen molar-refractivity contribution in [1.82, 2.24) is 0 Å². The number of nitriles is 1. The molecule has 1 saturated heterocycles. The van der Waals surface area contributed by atoms with E-state index >= 15 is 0 Å². The second kappa shape index (κ2) is 3.23. The predicted molar refractivity (Wildman–Crippen MR) is 38.8 cm³/mol. The van der Waals surface area contributed by atoms with Crippen molar-refractivity contribution in [2.75, 3.05) is 19.1 Å². The number of alkyl halides is 1. The summed E-state index contributed by atoms with van der Waals surface area (Å²) in [6, 6.07) is 2.27. The van der Waals surface area contributed by atoms with E-state index in [9.17, 15) is 0 Å². The van der Waals surface area contributed by atoms with Gasteiger partial charge in [-0.3, -0.25) is 0 Å². The highest BCUT2D eigenvalue weighted by molar-refractivity contribution is 6.17. The molecule has 2 nitrogen and oxygen atoms in total. The Hall–Kier alpha value is -0.260. The van der Waals surface area contributed by atoms with Gasteiger partial charge in [-0.2, -0.15) is 5.26 Å². The number of rotatable bonds is 2. The molecule has 0 bridgehead atoms. The van der Waals surface area contributed by atoms with Gasteiger partial charge in [0.2, 0.25) is 0 Å². The number of hydrogen-bond donors (Lipinski definition) is 0. The average Bonchev–Trinajstić information content (AvgIpc) is 2.39. The molecule has 0 saturated carbocycles. The first kappa shape index (κ1) is 7.84. The molecule has 1 rings (SSSR count). The zero-order valence-corrected chi connectivity index (χ0v) is 6.52. The van der Waals surface area contributed by atoms with Crippen molar-refractivity contribution in [2.45, 2.75) is 12.8 Å². The van der Waals surface area contributed by atoms with Gasteiger partial charge in [0.1, 0.15) is 0 Å². The van der Waals surface area contributed by atoms with E-state index in [1.165, 1.54) is 0 Å². The minimum atomic E-state index is -0.262. The molecule has 0 radical (unpaired) electrons. The third kappa shape index (κ3) is 1.42. The molecule has 0 N–H and O–H groups in total. The topological polar surface area (TPSA) is 33.0 Å². The standard InChI is InChI=1S/C7H10ClNO/c8-3-1-7(5-9)2-4-10-6-7/h1-4,6H2. The Kier molecular flexibility index (Phi) is 2.53. The molecule has 0 aliphatic carbocycles. The van der Waals surface area contributed by atoms with Gasteiger partial charge >= 0.3 is 0 Å². The minimum absolute atomic E-state index is 0.262. The maximum atomic E-state index is 8.76. The lowest BCUT2D eigenvalue weighted by molar-refractivity contribution is 0.170. The van der Waals surface area contributed by atoms with E-state index in [0.717, 1.165) is 12.8 Å². The van der Waals surface area contributed by atoms with Crippen molar-refractivity contribution in [2.24, 2.45) is 5.41 Å². The molecule has 1 aliphatic heterocycles. The summed E-state index contributed by atoms with van der Waals surface area (Å²) in [5, 5.41) is 8.76. The Labute approximate surface area is 65.7 Å². The first-order chi connectivity index (χ1) is 4.83. The number of hydrogen-bond acceptors (Lipinski definition) is 2. The monoisotopic (exact) mass is 159 g/mol. The summed E-state index contributed by atoms with van der Waals surface area (Å²) >= 11 is 5.54. The molecule has 0 amide bonds. The first-order valence-electron chi connectivity index (χ1n) is 3.38. The number of nitrogens with zero attached hydrogens (tertiary/aromatic N) is 1. The van der Waals surface area contributed by atoms with Crippen LogP contribution in [0.15, 0.2) is 0 Å². The fraction of sp³-hybridized carbons (Fsp3) is 0.857. The summed E-state index contributed by atoms with van der Waals surface area (Å²) < 4.78 is 5.12. The van der Waals surface area contributed by atoms with E-state index in [4.69, 9.17) is 21.6 Å². The predicted octanol–water partition coefficient (Wildman–Crippen LogP) is 1.55. The molecule has 0 aromatic carbocycles. The Morgan fingerprint density at radius 1 is 1.70 bits per heavy atom. The normalized spacial score (nSPS) is 32.0. The van der Waals surface area contributed by atoms with Crippen molar-refractivity contribution >= 4 is 11.6 Å². The van der Waals surface area contributed by atoms with Crippen molar-refractivity contribution in [1.29, 1.82) is 5.26 Å². The van der Waals surface area contributed by atoms with E-state index in [1.54, 1.807) is 0 Å². The summed E-state index contributed by atoms with van der Waals surface area (Å²) in [5.41, 5.74) is -0.262. The van der Waals surface area contributed by atoms with Crippen LogP contribution in [0.4, 0.5) is 0 Å². The van der Waals surface area contributed by atoms with Crippen LogP contribution in [-0.2, 0) is 4.74 Å². The zero-order valence-electron chi connectivity index (χ0n) is 5.77. The van der Waals surface area contributed by atoms with Crippen LogP contribution < -0.4 is 0 Å². The van der Waals surface area contributed by atoms with Crippen molar-refractivity contribution in [3.63, 3.8) is 0 Å². The highest BCUT2D eigenvalue weighted by Crippen LogP contribution is 2.31. The van der Waals surface area contributed by atoms with Crippen LogP contribution in [0.2, 0.25) is 0 Å². The van der Waals surface area contributed by atoms with E-state index in [1.807, 2.05) is 0 Å². The number of halogens is 1. The third-order valence-corrected chi connectivity index (χ3v) is 2.10. The van der Waals surface area contributed by atoms with Gasteiger partial charge in [-0.1, -0.05) is 0 Å². The molecule has 0 spiro atoms. The Morgan fingerprint density at radius 2 is 2.50 bits per heavy atom. The second-order valence-corrected chi connectivity index (χ2v) is 3.01. The fourth-order valence-corrected chi connectivity index (χ4v) is 1.49. The molecule has 1 atom stereocenters. The van der Waals surface area contributed by atoms with Gasteiger partial charge < -0.3 is 4.74 Å². The molecule has 10 heavy (non-hydrogen) atoms. The average molecular weight is 160 g/mol. The van der Waals surface area contributed by atoms with Gasteiger partial charge in [0.25, 0.3) is 0 Å². The van der Waals surface area contributed by atoms with Crippen molar-refractivity contribution in [3.8, 4) is 6.07 Å².